The Balaban J connectivity index is 1.59. The number of carbonyl (C=O) groups is 2. The number of hydrogen-bond donors (Lipinski definition) is 2. The van der Waals surface area contributed by atoms with Crippen LogP contribution in [0.5, 0.6) is 0 Å². The first kappa shape index (κ1) is 19.6. The minimum atomic E-state index is -0.971. The molecule has 6 heteroatoms. The highest BCUT2D eigenvalue weighted by atomic mass is 16.2. The van der Waals surface area contributed by atoms with Crippen LogP contribution >= 0.6 is 0 Å². The molecule has 30 heavy (non-hydrogen) atoms. The van der Waals surface area contributed by atoms with Gasteiger partial charge in [0.2, 0.25) is 5.91 Å². The Kier molecular flexibility index (Phi) is 3.99. The van der Waals surface area contributed by atoms with Gasteiger partial charge < -0.3 is 20.1 Å². The van der Waals surface area contributed by atoms with E-state index in [1.165, 1.54) is 5.56 Å². The van der Waals surface area contributed by atoms with E-state index >= 15 is 0 Å². The molecule has 0 aliphatic carbocycles. The number of rotatable bonds is 1. The summed E-state index contributed by atoms with van der Waals surface area (Å²) in [6, 6.07) is 8.23. The lowest BCUT2D eigenvalue weighted by Crippen LogP contribution is -2.71. The Morgan fingerprint density at radius 1 is 1.00 bits per heavy atom. The summed E-state index contributed by atoms with van der Waals surface area (Å²) in [6.07, 6.45) is 2.46. The molecule has 1 atom stereocenters. The van der Waals surface area contributed by atoms with Gasteiger partial charge in [-0.15, -0.1) is 0 Å². The minimum absolute atomic E-state index is 0.0430. The predicted octanol–water partition coefficient (Wildman–Crippen LogP) is 2.92. The van der Waals surface area contributed by atoms with Crippen LogP contribution in [0.25, 0.3) is 10.9 Å². The van der Waals surface area contributed by atoms with Crippen LogP contribution in [0, 0.1) is 0 Å². The second kappa shape index (κ2) is 6.10. The first-order valence-electron chi connectivity index (χ1n) is 11.0. The molecule has 2 amide bonds. The van der Waals surface area contributed by atoms with Gasteiger partial charge in [-0.3, -0.25) is 9.59 Å². The molecule has 2 N–H and O–H groups in total. The van der Waals surface area contributed by atoms with Gasteiger partial charge in [-0.2, -0.15) is 0 Å². The van der Waals surface area contributed by atoms with Crippen LogP contribution in [-0.2, 0) is 21.5 Å². The largest absolute Gasteiger partial charge is 0.356 e. The second-order valence-electron chi connectivity index (χ2n) is 10.8. The van der Waals surface area contributed by atoms with Crippen LogP contribution in [-0.4, -0.2) is 56.8 Å². The number of aromatic nitrogens is 1. The van der Waals surface area contributed by atoms with Crippen LogP contribution in [0.2, 0.25) is 0 Å². The maximum atomic E-state index is 14.1. The molecule has 1 aromatic carbocycles. The molecule has 0 spiro atoms. The van der Waals surface area contributed by atoms with Crippen LogP contribution < -0.4 is 5.32 Å². The van der Waals surface area contributed by atoms with Gasteiger partial charge in [-0.05, 0) is 65.5 Å². The predicted molar refractivity (Wildman–Crippen MR) is 117 cm³/mol. The zero-order valence-corrected chi connectivity index (χ0v) is 18.6. The van der Waals surface area contributed by atoms with Gasteiger partial charge in [-0.1, -0.05) is 18.2 Å². The molecule has 3 aliphatic heterocycles. The van der Waals surface area contributed by atoms with Gasteiger partial charge in [0.05, 0.1) is 5.69 Å². The number of fused-ring (bicyclic) bond motifs is 5. The fraction of sp³-hybridized carbons (Fsp3) is 0.583. The molecular weight excluding hydrogens is 376 g/mol. The molecule has 2 saturated heterocycles. The summed E-state index contributed by atoms with van der Waals surface area (Å²) in [7, 11) is 0. The number of piperidine rings is 1. The average molecular weight is 409 g/mol. The molecule has 0 radical (unpaired) electrons. The standard InChI is InChI=1S/C24H32N4O2/c1-22(2)12-15(13-23(3,4)26-22)27-14-19(29)28-11-10-17-16-8-6-7-9-18(16)25-20(17)24(28,5)21(27)30/h6-9,15,25-26H,10-14H2,1-5H3. The van der Waals surface area contributed by atoms with E-state index < -0.39 is 5.54 Å². The maximum absolute atomic E-state index is 14.1. The quantitative estimate of drug-likeness (QED) is 0.762. The normalized spacial score (nSPS) is 28.6. The third-order valence-electron chi connectivity index (χ3n) is 7.32. The Hall–Kier alpha value is -2.34. The van der Waals surface area contributed by atoms with Gasteiger partial charge >= 0.3 is 0 Å². The first-order chi connectivity index (χ1) is 14.0. The van der Waals surface area contributed by atoms with E-state index in [-0.39, 0.29) is 35.5 Å². The summed E-state index contributed by atoms with van der Waals surface area (Å²) in [6.45, 7) is 11.4. The summed E-state index contributed by atoms with van der Waals surface area (Å²) < 4.78 is 0. The van der Waals surface area contributed by atoms with E-state index in [2.05, 4.69) is 44.1 Å². The van der Waals surface area contributed by atoms with Gasteiger partial charge in [0, 0.05) is 34.6 Å². The third kappa shape index (κ3) is 2.73. The SMILES string of the molecule is CC1(C)CC(N2CC(=O)N3CCc4c([nH]c5ccccc45)C3(C)C2=O)CC(C)(C)N1. The van der Waals surface area contributed by atoms with Crippen molar-refractivity contribution in [3.8, 4) is 0 Å². The number of amides is 2. The Bertz CT molecular complexity index is 1040. The monoisotopic (exact) mass is 408 g/mol. The summed E-state index contributed by atoms with van der Waals surface area (Å²) in [5, 5.41) is 4.85. The van der Waals surface area contributed by atoms with Crippen molar-refractivity contribution in [2.75, 3.05) is 13.1 Å². The van der Waals surface area contributed by atoms with Gasteiger partial charge in [-0.25, -0.2) is 0 Å². The molecule has 1 aromatic heterocycles. The van der Waals surface area contributed by atoms with Gasteiger partial charge in [0.1, 0.15) is 6.54 Å². The van der Waals surface area contributed by atoms with Crippen molar-refractivity contribution in [1.29, 1.82) is 0 Å². The lowest BCUT2D eigenvalue weighted by molar-refractivity contribution is -0.170. The minimum Gasteiger partial charge on any atom is -0.356 e. The van der Waals surface area contributed by atoms with Crippen LogP contribution in [0.1, 0.15) is 58.7 Å². The van der Waals surface area contributed by atoms with E-state index in [4.69, 9.17) is 0 Å². The molecule has 5 rings (SSSR count). The molecule has 4 heterocycles. The highest BCUT2D eigenvalue weighted by Gasteiger charge is 2.56. The van der Waals surface area contributed by atoms with Crippen LogP contribution in [0.15, 0.2) is 24.3 Å². The highest BCUT2D eigenvalue weighted by Crippen LogP contribution is 2.43. The van der Waals surface area contributed by atoms with Crippen molar-refractivity contribution in [1.82, 2.24) is 20.1 Å². The number of carbonyl (C=O) groups excluding carboxylic acids is 2. The van der Waals surface area contributed by atoms with Gasteiger partial charge in [0.25, 0.3) is 5.91 Å². The van der Waals surface area contributed by atoms with E-state index in [0.717, 1.165) is 35.9 Å². The average Bonchev–Trinajstić information content (AvgIpc) is 3.02. The maximum Gasteiger partial charge on any atom is 0.255 e. The summed E-state index contributed by atoms with van der Waals surface area (Å²) >= 11 is 0. The van der Waals surface area contributed by atoms with E-state index in [0.29, 0.717) is 6.54 Å². The number of nitrogens with one attached hydrogen (secondary N) is 2. The smallest absolute Gasteiger partial charge is 0.255 e. The van der Waals surface area contributed by atoms with Gasteiger partial charge in [0.15, 0.2) is 5.54 Å². The second-order valence-corrected chi connectivity index (χ2v) is 10.8. The Morgan fingerprint density at radius 3 is 2.37 bits per heavy atom. The van der Waals surface area contributed by atoms with Crippen molar-refractivity contribution in [2.45, 2.75) is 76.5 Å². The number of aromatic amines is 1. The molecule has 3 aliphatic rings. The number of benzene rings is 1. The zero-order chi connectivity index (χ0) is 21.5. The molecule has 1 unspecified atom stereocenters. The summed E-state index contributed by atoms with van der Waals surface area (Å²) in [5.41, 5.74) is 1.95. The lowest BCUT2D eigenvalue weighted by atomic mass is 9.77. The van der Waals surface area contributed by atoms with Crippen molar-refractivity contribution >= 4 is 22.7 Å². The van der Waals surface area contributed by atoms with Crippen molar-refractivity contribution in [3.05, 3.63) is 35.5 Å². The van der Waals surface area contributed by atoms with E-state index in [9.17, 15) is 9.59 Å². The molecule has 2 aromatic rings. The fourth-order valence-corrected chi connectivity index (χ4v) is 6.42. The number of H-pyrrole nitrogens is 1. The molecule has 0 bridgehead atoms. The first-order valence-corrected chi connectivity index (χ1v) is 11.0. The van der Waals surface area contributed by atoms with Crippen molar-refractivity contribution in [3.63, 3.8) is 0 Å². The van der Waals surface area contributed by atoms with E-state index in [1.54, 1.807) is 4.90 Å². The number of para-hydroxylation sites is 1. The Morgan fingerprint density at radius 2 is 1.67 bits per heavy atom. The van der Waals surface area contributed by atoms with Crippen molar-refractivity contribution < 1.29 is 9.59 Å². The molecule has 160 valence electrons. The van der Waals surface area contributed by atoms with E-state index in [1.807, 2.05) is 30.0 Å². The van der Waals surface area contributed by atoms with Crippen LogP contribution in [0.4, 0.5) is 0 Å². The summed E-state index contributed by atoms with van der Waals surface area (Å²) in [5.74, 6) is 0.101. The van der Waals surface area contributed by atoms with Crippen molar-refractivity contribution in [2.24, 2.45) is 0 Å². The Labute approximate surface area is 178 Å². The highest BCUT2D eigenvalue weighted by molar-refractivity contribution is 6.01. The number of nitrogens with zero attached hydrogens (tertiary/aromatic N) is 2. The van der Waals surface area contributed by atoms with Crippen LogP contribution in [0.3, 0.4) is 0 Å². The fourth-order valence-electron chi connectivity index (χ4n) is 6.42. The molecule has 6 nitrogen and oxygen atoms in total. The zero-order valence-electron chi connectivity index (χ0n) is 18.6. The molecule has 0 saturated carbocycles. The summed E-state index contributed by atoms with van der Waals surface area (Å²) in [4.78, 5) is 34.6. The number of hydrogen-bond acceptors (Lipinski definition) is 3. The number of piperazine rings is 1. The molecule has 2 fully saturated rings. The topological polar surface area (TPSA) is 68.4 Å². The third-order valence-corrected chi connectivity index (χ3v) is 7.32. The lowest BCUT2D eigenvalue weighted by Gasteiger charge is -2.55. The molecular formula is C24H32N4O2.